The zero-order chi connectivity index (χ0) is 16.5. The van der Waals surface area contributed by atoms with Gasteiger partial charge in [-0.2, -0.15) is 17.6 Å². The predicted octanol–water partition coefficient (Wildman–Crippen LogP) is 3.17. The largest absolute Gasteiger partial charge is 0.415 e. The zero-order valence-electron chi connectivity index (χ0n) is 11.0. The highest BCUT2D eigenvalue weighted by Gasteiger charge is 2.61. The van der Waals surface area contributed by atoms with Crippen molar-refractivity contribution >= 4 is 28.5 Å². The summed E-state index contributed by atoms with van der Waals surface area (Å²) in [6.45, 7) is 2.76. The molecule has 1 aromatic rings. The third kappa shape index (κ3) is 3.74. The summed E-state index contributed by atoms with van der Waals surface area (Å²) >= 11 is 4.21. The smallest absolute Gasteiger partial charge is 0.273 e. The Morgan fingerprint density at radius 2 is 1.62 bits per heavy atom. The van der Waals surface area contributed by atoms with Crippen LogP contribution in [0.25, 0.3) is 0 Å². The van der Waals surface area contributed by atoms with E-state index < -0.39 is 32.9 Å². The lowest BCUT2D eigenvalue weighted by atomic mass is 9.84. The minimum Gasteiger partial charge on any atom is -0.273 e. The summed E-state index contributed by atoms with van der Waals surface area (Å²) in [6.07, 6.45) is 0. The number of halogens is 5. The number of carbonyl (C=O) groups excluding carboxylic acids is 1. The molecule has 0 spiro atoms. The molecule has 9 heteroatoms. The second-order valence-electron chi connectivity index (χ2n) is 4.71. The fourth-order valence-corrected chi connectivity index (χ4v) is 2.34. The van der Waals surface area contributed by atoms with Gasteiger partial charge in [-0.25, -0.2) is 4.21 Å². The predicted molar refractivity (Wildman–Crippen MR) is 71.5 cm³/mol. The molecule has 0 radical (unpaired) electrons. The van der Waals surface area contributed by atoms with E-state index in [0.29, 0.717) is 5.56 Å². The quantitative estimate of drug-likeness (QED) is 0.658. The molecular formula is C12H12ClF4NO2S. The fraction of sp³-hybridized carbons (Fsp3) is 0.417. The number of benzene rings is 1. The van der Waals surface area contributed by atoms with Crippen molar-refractivity contribution in [1.29, 1.82) is 0 Å². The van der Waals surface area contributed by atoms with Gasteiger partial charge in [-0.3, -0.25) is 9.52 Å². The molecule has 0 heterocycles. The van der Waals surface area contributed by atoms with Gasteiger partial charge in [0.15, 0.2) is 11.0 Å². The molecule has 21 heavy (non-hydrogen) atoms. The Hall–Kier alpha value is -1.15. The molecule has 0 saturated carbocycles. The number of hydrogen-bond acceptors (Lipinski definition) is 2. The summed E-state index contributed by atoms with van der Waals surface area (Å²) in [6, 6.07) is 8.01. The van der Waals surface area contributed by atoms with Gasteiger partial charge in [-0.05, 0) is 31.0 Å². The van der Waals surface area contributed by atoms with E-state index in [9.17, 15) is 26.6 Å². The van der Waals surface area contributed by atoms with Crippen molar-refractivity contribution in [3.05, 3.63) is 35.9 Å². The SMILES string of the molecule is CC(C)(C(=O)NS(=O)C(F)(F)C(F)(F)Cl)c1ccccc1. The summed E-state index contributed by atoms with van der Waals surface area (Å²) in [7, 11) is -3.66. The summed E-state index contributed by atoms with van der Waals surface area (Å²) in [5.74, 6) is -1.09. The van der Waals surface area contributed by atoms with Crippen LogP contribution in [0.15, 0.2) is 30.3 Å². The molecule has 1 amide bonds. The van der Waals surface area contributed by atoms with Gasteiger partial charge >= 0.3 is 10.6 Å². The van der Waals surface area contributed by atoms with Crippen molar-refractivity contribution in [3.8, 4) is 0 Å². The van der Waals surface area contributed by atoms with Crippen molar-refractivity contribution in [3.63, 3.8) is 0 Å². The van der Waals surface area contributed by atoms with Gasteiger partial charge in [0.1, 0.15) is 0 Å². The average molecular weight is 346 g/mol. The molecule has 0 aromatic heterocycles. The van der Waals surface area contributed by atoms with Crippen LogP contribution in [0.4, 0.5) is 17.6 Å². The molecule has 1 unspecified atom stereocenters. The number of carbonyl (C=O) groups is 1. The lowest BCUT2D eigenvalue weighted by Gasteiger charge is -2.26. The van der Waals surface area contributed by atoms with Crippen molar-refractivity contribution in [1.82, 2.24) is 4.72 Å². The first-order chi connectivity index (χ1) is 9.40. The van der Waals surface area contributed by atoms with Gasteiger partial charge in [-0.15, -0.1) is 0 Å². The minimum absolute atomic E-state index is 0.445. The van der Waals surface area contributed by atoms with Gasteiger partial charge in [-0.1, -0.05) is 30.3 Å². The molecule has 1 atom stereocenters. The Morgan fingerprint density at radius 3 is 2.05 bits per heavy atom. The van der Waals surface area contributed by atoms with Crippen LogP contribution in [-0.2, 0) is 21.2 Å². The van der Waals surface area contributed by atoms with E-state index in [-0.39, 0.29) is 0 Å². The number of hydrogen-bond donors (Lipinski definition) is 1. The summed E-state index contributed by atoms with van der Waals surface area (Å²) in [5.41, 5.74) is -0.894. The second kappa shape index (κ2) is 5.92. The Balaban J connectivity index is 2.94. The highest BCUT2D eigenvalue weighted by Crippen LogP contribution is 2.39. The number of rotatable bonds is 5. The van der Waals surface area contributed by atoms with E-state index in [2.05, 4.69) is 11.6 Å². The first-order valence-corrected chi connectivity index (χ1v) is 7.16. The van der Waals surface area contributed by atoms with E-state index >= 15 is 0 Å². The van der Waals surface area contributed by atoms with E-state index in [1.54, 1.807) is 30.3 Å². The van der Waals surface area contributed by atoms with Gasteiger partial charge < -0.3 is 0 Å². The number of nitrogens with one attached hydrogen (secondary N) is 1. The average Bonchev–Trinajstić information content (AvgIpc) is 2.38. The molecule has 0 bridgehead atoms. The van der Waals surface area contributed by atoms with Crippen LogP contribution in [0.3, 0.4) is 0 Å². The Bertz CT molecular complexity index is 546. The lowest BCUT2D eigenvalue weighted by molar-refractivity contribution is -0.124. The number of amides is 1. The molecule has 0 saturated heterocycles. The van der Waals surface area contributed by atoms with E-state index in [1.165, 1.54) is 18.6 Å². The first kappa shape index (κ1) is 17.9. The molecule has 3 nitrogen and oxygen atoms in total. The standard InChI is InChI=1S/C12H12ClF4NO2S/c1-10(2,8-6-4-3-5-7-8)9(19)18-21(20)12(16,17)11(13,14)15/h3-7H,1-2H3,(H,18,19). The number of alkyl halides is 5. The van der Waals surface area contributed by atoms with E-state index in [4.69, 9.17) is 0 Å². The zero-order valence-corrected chi connectivity index (χ0v) is 12.6. The molecule has 1 rings (SSSR count). The van der Waals surface area contributed by atoms with Crippen LogP contribution < -0.4 is 4.72 Å². The van der Waals surface area contributed by atoms with Gasteiger partial charge in [0.05, 0.1) is 5.41 Å². The van der Waals surface area contributed by atoms with Gasteiger partial charge in [0.25, 0.3) is 0 Å². The Kier molecular flexibility index (Phi) is 5.05. The molecule has 0 fully saturated rings. The monoisotopic (exact) mass is 345 g/mol. The van der Waals surface area contributed by atoms with E-state index in [0.717, 1.165) is 0 Å². The third-order valence-electron chi connectivity index (χ3n) is 2.81. The molecule has 0 aliphatic carbocycles. The topological polar surface area (TPSA) is 46.2 Å². The van der Waals surface area contributed by atoms with Crippen LogP contribution >= 0.6 is 11.6 Å². The molecule has 0 aliphatic rings. The Morgan fingerprint density at radius 1 is 1.14 bits per heavy atom. The molecular weight excluding hydrogens is 334 g/mol. The summed E-state index contributed by atoms with van der Waals surface area (Å²) in [4.78, 5) is 11.9. The highest BCUT2D eigenvalue weighted by molar-refractivity contribution is 7.84. The molecule has 118 valence electrons. The maximum atomic E-state index is 13.1. The van der Waals surface area contributed by atoms with E-state index in [1.807, 2.05) is 0 Å². The summed E-state index contributed by atoms with van der Waals surface area (Å²) < 4.78 is 63.8. The van der Waals surface area contributed by atoms with Crippen LogP contribution in [0.5, 0.6) is 0 Å². The highest BCUT2D eigenvalue weighted by atomic mass is 35.5. The minimum atomic E-state index is -5.09. The molecule has 0 aliphatic heterocycles. The van der Waals surface area contributed by atoms with Crippen molar-refractivity contribution in [2.45, 2.75) is 29.9 Å². The van der Waals surface area contributed by atoms with Crippen LogP contribution in [0.1, 0.15) is 19.4 Å². The van der Waals surface area contributed by atoms with Gasteiger partial charge in [0.2, 0.25) is 5.91 Å². The second-order valence-corrected chi connectivity index (χ2v) is 6.43. The van der Waals surface area contributed by atoms with Crippen molar-refractivity contribution in [2.75, 3.05) is 0 Å². The van der Waals surface area contributed by atoms with Crippen LogP contribution in [-0.4, -0.2) is 20.8 Å². The first-order valence-electron chi connectivity index (χ1n) is 5.63. The maximum absolute atomic E-state index is 13.1. The van der Waals surface area contributed by atoms with Gasteiger partial charge in [0, 0.05) is 0 Å². The maximum Gasteiger partial charge on any atom is 0.415 e. The fourth-order valence-electron chi connectivity index (χ4n) is 1.37. The molecule has 1 aromatic carbocycles. The summed E-state index contributed by atoms with van der Waals surface area (Å²) in [5, 5.41) is -10.1. The third-order valence-corrected chi connectivity index (χ3v) is 4.25. The van der Waals surface area contributed by atoms with Crippen LogP contribution in [0.2, 0.25) is 0 Å². The Labute approximate surface area is 126 Å². The van der Waals surface area contributed by atoms with Crippen LogP contribution in [0, 0.1) is 0 Å². The van der Waals surface area contributed by atoms with Crippen molar-refractivity contribution in [2.24, 2.45) is 0 Å². The molecule has 1 N–H and O–H groups in total. The lowest BCUT2D eigenvalue weighted by Crippen LogP contribution is -2.50. The normalized spacial score (nSPS) is 14.6. The van der Waals surface area contributed by atoms with Crippen molar-refractivity contribution < 1.29 is 26.6 Å².